The second-order valence-electron chi connectivity index (χ2n) is 5.64. The summed E-state index contributed by atoms with van der Waals surface area (Å²) in [4.78, 5) is 4.49. The summed E-state index contributed by atoms with van der Waals surface area (Å²) in [6, 6.07) is 3.47. The summed E-state index contributed by atoms with van der Waals surface area (Å²) >= 11 is 12.1. The number of ether oxygens (including phenoxy) is 1. The number of anilines is 1. The minimum atomic E-state index is -1.04. The first-order valence-corrected chi connectivity index (χ1v) is 7.75. The molecule has 22 heavy (non-hydrogen) atoms. The van der Waals surface area contributed by atoms with Crippen LogP contribution >= 0.6 is 23.2 Å². The van der Waals surface area contributed by atoms with E-state index >= 15 is 0 Å². The number of nitrogens with zero attached hydrogens (tertiary/aromatic N) is 2. The first-order valence-electron chi connectivity index (χ1n) is 6.99. The highest BCUT2D eigenvalue weighted by Gasteiger charge is 2.38. The Morgan fingerprint density at radius 2 is 2.00 bits per heavy atom. The van der Waals surface area contributed by atoms with Crippen molar-refractivity contribution in [3.05, 3.63) is 22.2 Å². The van der Waals surface area contributed by atoms with Crippen LogP contribution in [-0.2, 0) is 4.74 Å². The van der Waals surface area contributed by atoms with Crippen LogP contribution in [0.5, 0.6) is 0 Å². The van der Waals surface area contributed by atoms with Gasteiger partial charge in [-0.25, -0.2) is 4.98 Å². The van der Waals surface area contributed by atoms with Gasteiger partial charge in [0.05, 0.1) is 27.7 Å². The lowest BCUT2D eigenvalue weighted by Gasteiger charge is -2.21. The molecule has 2 aromatic rings. The van der Waals surface area contributed by atoms with Crippen molar-refractivity contribution in [2.45, 2.75) is 38.3 Å². The van der Waals surface area contributed by atoms with Crippen LogP contribution in [0.2, 0.25) is 10.0 Å². The molecule has 6 nitrogen and oxygen atoms in total. The van der Waals surface area contributed by atoms with Gasteiger partial charge < -0.3 is 20.3 Å². The van der Waals surface area contributed by atoms with Crippen LogP contribution in [0, 0.1) is 0 Å². The maximum absolute atomic E-state index is 10.2. The van der Waals surface area contributed by atoms with Crippen LogP contribution < -0.4 is 5.32 Å². The standard InChI is InChI=1S/C14H17Cl2N3O3/c1-6(2)17-14-18-9-3-7(15)8(16)4-10(9)19(14)13-12(21)11(20)5-22-13/h3-4,6,11-13,20-21H,5H2,1-2H3,(H,17,18)/t11-,12-,13?/m1/s1. The zero-order chi connectivity index (χ0) is 16.0. The summed E-state index contributed by atoms with van der Waals surface area (Å²) in [6.45, 7) is 4.02. The number of hydrogen-bond donors (Lipinski definition) is 3. The lowest BCUT2D eigenvalue weighted by atomic mass is 10.2. The quantitative estimate of drug-likeness (QED) is 0.795. The fourth-order valence-electron chi connectivity index (χ4n) is 2.52. The van der Waals surface area contributed by atoms with Crippen molar-refractivity contribution in [2.24, 2.45) is 0 Å². The lowest BCUT2D eigenvalue weighted by Crippen LogP contribution is -2.29. The molecule has 3 N–H and O–H groups in total. The minimum Gasteiger partial charge on any atom is -0.388 e. The Morgan fingerprint density at radius 1 is 1.32 bits per heavy atom. The maximum atomic E-state index is 10.2. The summed E-state index contributed by atoms with van der Waals surface area (Å²) < 4.78 is 7.24. The minimum absolute atomic E-state index is 0.0634. The summed E-state index contributed by atoms with van der Waals surface area (Å²) in [7, 11) is 0. The molecule has 0 amide bonds. The molecule has 3 rings (SSSR count). The van der Waals surface area contributed by atoms with Gasteiger partial charge in [0.25, 0.3) is 0 Å². The Labute approximate surface area is 137 Å². The van der Waals surface area contributed by atoms with Crippen molar-refractivity contribution in [3.8, 4) is 0 Å². The van der Waals surface area contributed by atoms with E-state index < -0.39 is 18.4 Å². The largest absolute Gasteiger partial charge is 0.388 e. The number of fused-ring (bicyclic) bond motifs is 1. The fraction of sp³-hybridized carbons (Fsp3) is 0.500. The molecule has 0 aliphatic carbocycles. The Hall–Kier alpha value is -1.05. The van der Waals surface area contributed by atoms with Gasteiger partial charge in [-0.05, 0) is 26.0 Å². The molecule has 1 saturated heterocycles. The van der Waals surface area contributed by atoms with E-state index in [4.69, 9.17) is 27.9 Å². The van der Waals surface area contributed by atoms with Crippen LogP contribution in [-0.4, -0.2) is 44.6 Å². The van der Waals surface area contributed by atoms with Gasteiger partial charge >= 0.3 is 0 Å². The highest BCUT2D eigenvalue weighted by molar-refractivity contribution is 6.42. The second-order valence-corrected chi connectivity index (χ2v) is 6.46. The van der Waals surface area contributed by atoms with Crippen LogP contribution in [0.4, 0.5) is 5.95 Å². The van der Waals surface area contributed by atoms with Gasteiger partial charge in [-0.15, -0.1) is 0 Å². The number of aliphatic hydroxyl groups excluding tert-OH is 2. The topological polar surface area (TPSA) is 79.5 Å². The van der Waals surface area contributed by atoms with E-state index in [0.717, 1.165) is 0 Å². The Morgan fingerprint density at radius 3 is 2.59 bits per heavy atom. The summed E-state index contributed by atoms with van der Waals surface area (Å²) in [5.74, 6) is 0.529. The smallest absolute Gasteiger partial charge is 0.206 e. The molecule has 1 aliphatic heterocycles. The maximum Gasteiger partial charge on any atom is 0.206 e. The summed E-state index contributed by atoms with van der Waals surface area (Å²) in [5.41, 5.74) is 1.31. The van der Waals surface area contributed by atoms with Gasteiger partial charge in [-0.1, -0.05) is 23.2 Å². The Bertz CT molecular complexity index is 704. The number of nitrogens with one attached hydrogen (secondary N) is 1. The second kappa shape index (κ2) is 5.86. The molecule has 0 saturated carbocycles. The van der Waals surface area contributed by atoms with Gasteiger partial charge in [0.15, 0.2) is 6.23 Å². The number of halogens is 2. The van der Waals surface area contributed by atoms with E-state index in [1.165, 1.54) is 0 Å². The summed E-state index contributed by atoms with van der Waals surface area (Å²) in [6.07, 6.45) is -2.71. The number of benzene rings is 1. The lowest BCUT2D eigenvalue weighted by molar-refractivity contribution is -0.0148. The third-order valence-electron chi connectivity index (χ3n) is 3.53. The van der Waals surface area contributed by atoms with Crippen molar-refractivity contribution < 1.29 is 14.9 Å². The monoisotopic (exact) mass is 345 g/mol. The van der Waals surface area contributed by atoms with Crippen LogP contribution in [0.3, 0.4) is 0 Å². The number of aliphatic hydroxyl groups is 2. The molecule has 1 unspecified atom stereocenters. The van der Waals surface area contributed by atoms with Gasteiger partial charge in [-0.2, -0.15) is 0 Å². The Kier molecular flexibility index (Phi) is 4.22. The Balaban J connectivity index is 2.18. The third kappa shape index (κ3) is 2.66. The van der Waals surface area contributed by atoms with Gasteiger partial charge in [0, 0.05) is 6.04 Å². The van der Waals surface area contributed by atoms with Crippen molar-refractivity contribution in [1.82, 2.24) is 9.55 Å². The van der Waals surface area contributed by atoms with Crippen molar-refractivity contribution in [2.75, 3.05) is 11.9 Å². The van der Waals surface area contributed by atoms with E-state index in [9.17, 15) is 10.2 Å². The average molecular weight is 346 g/mol. The van der Waals surface area contributed by atoms with E-state index in [2.05, 4.69) is 10.3 Å². The molecule has 1 aliphatic rings. The molecule has 1 fully saturated rings. The molecular weight excluding hydrogens is 329 g/mol. The van der Waals surface area contributed by atoms with E-state index in [0.29, 0.717) is 27.0 Å². The highest BCUT2D eigenvalue weighted by atomic mass is 35.5. The molecular formula is C14H17Cl2N3O3. The first-order chi connectivity index (χ1) is 10.4. The van der Waals surface area contributed by atoms with Gasteiger partial charge in [0.2, 0.25) is 5.95 Å². The van der Waals surface area contributed by atoms with E-state index in [-0.39, 0.29) is 12.6 Å². The zero-order valence-electron chi connectivity index (χ0n) is 12.1. The molecule has 3 atom stereocenters. The average Bonchev–Trinajstić information content (AvgIpc) is 2.92. The third-order valence-corrected chi connectivity index (χ3v) is 4.25. The molecule has 0 spiro atoms. The van der Waals surface area contributed by atoms with Crippen LogP contribution in [0.25, 0.3) is 11.0 Å². The number of aromatic nitrogens is 2. The van der Waals surface area contributed by atoms with Crippen LogP contribution in [0.1, 0.15) is 20.1 Å². The highest BCUT2D eigenvalue weighted by Crippen LogP contribution is 2.35. The number of imidazole rings is 1. The SMILES string of the molecule is CC(C)Nc1nc2cc(Cl)c(Cl)cc2n1C1OC[C@@H](O)[C@H]1O. The van der Waals surface area contributed by atoms with E-state index in [1.807, 2.05) is 13.8 Å². The number of hydrogen-bond acceptors (Lipinski definition) is 5. The molecule has 120 valence electrons. The van der Waals surface area contributed by atoms with Crippen molar-refractivity contribution >= 4 is 40.2 Å². The van der Waals surface area contributed by atoms with Gasteiger partial charge in [0.1, 0.15) is 12.2 Å². The predicted octanol–water partition coefficient (Wildman–Crippen LogP) is 2.41. The summed E-state index contributed by atoms with van der Waals surface area (Å²) in [5, 5.41) is 23.9. The van der Waals surface area contributed by atoms with Crippen molar-refractivity contribution in [1.29, 1.82) is 0 Å². The first kappa shape index (κ1) is 15.8. The molecule has 0 bridgehead atoms. The molecule has 8 heteroatoms. The van der Waals surface area contributed by atoms with E-state index in [1.54, 1.807) is 16.7 Å². The van der Waals surface area contributed by atoms with Crippen molar-refractivity contribution in [3.63, 3.8) is 0 Å². The normalized spacial score (nSPS) is 25.3. The van der Waals surface area contributed by atoms with Crippen LogP contribution in [0.15, 0.2) is 12.1 Å². The number of rotatable bonds is 3. The molecule has 0 radical (unpaired) electrons. The fourth-order valence-corrected chi connectivity index (χ4v) is 2.84. The zero-order valence-corrected chi connectivity index (χ0v) is 13.6. The molecule has 2 heterocycles. The van der Waals surface area contributed by atoms with Gasteiger partial charge in [-0.3, -0.25) is 4.57 Å². The molecule has 1 aromatic carbocycles. The predicted molar refractivity (Wildman–Crippen MR) is 85.5 cm³/mol. The molecule has 1 aromatic heterocycles.